The van der Waals surface area contributed by atoms with Crippen molar-refractivity contribution >= 4 is 0 Å². The standard InChI is InChI=1S/C13H10FN3O/c1-9-2-5-13(18)17(16-9)8-11-6-10(7-15)3-4-12(11)14/h2-6H,8H2,1H3. The summed E-state index contributed by atoms with van der Waals surface area (Å²) in [6, 6.07) is 8.95. The van der Waals surface area contributed by atoms with Crippen LogP contribution >= 0.6 is 0 Å². The first-order valence-corrected chi connectivity index (χ1v) is 5.33. The van der Waals surface area contributed by atoms with Gasteiger partial charge in [-0.1, -0.05) is 0 Å². The highest BCUT2D eigenvalue weighted by Crippen LogP contribution is 2.10. The fraction of sp³-hybridized carbons (Fsp3) is 0.154. The van der Waals surface area contributed by atoms with Crippen molar-refractivity contribution < 1.29 is 4.39 Å². The number of nitrogens with zero attached hydrogens (tertiary/aromatic N) is 3. The van der Waals surface area contributed by atoms with Gasteiger partial charge in [0, 0.05) is 11.6 Å². The Balaban J connectivity index is 2.43. The second-order valence-corrected chi connectivity index (χ2v) is 3.89. The van der Waals surface area contributed by atoms with Gasteiger partial charge in [0.05, 0.1) is 23.9 Å². The van der Waals surface area contributed by atoms with E-state index in [0.717, 1.165) is 0 Å². The quantitative estimate of drug-likeness (QED) is 0.805. The minimum atomic E-state index is -0.454. The molecule has 0 fully saturated rings. The predicted octanol–water partition coefficient (Wildman–Crippen LogP) is 1.61. The molecule has 0 spiro atoms. The second kappa shape index (κ2) is 4.80. The fourth-order valence-electron chi connectivity index (χ4n) is 1.59. The summed E-state index contributed by atoms with van der Waals surface area (Å²) in [5.41, 5.74) is 0.996. The van der Waals surface area contributed by atoms with E-state index in [1.54, 1.807) is 13.0 Å². The van der Waals surface area contributed by atoms with Gasteiger partial charge in [-0.3, -0.25) is 4.79 Å². The number of aryl methyl sites for hydroxylation is 1. The maximum atomic E-state index is 13.6. The van der Waals surface area contributed by atoms with Crippen molar-refractivity contribution in [3.8, 4) is 6.07 Å². The molecule has 0 bridgehead atoms. The van der Waals surface area contributed by atoms with Gasteiger partial charge in [0.25, 0.3) is 5.56 Å². The van der Waals surface area contributed by atoms with Gasteiger partial charge >= 0.3 is 0 Å². The predicted molar refractivity (Wildman–Crippen MR) is 63.5 cm³/mol. The summed E-state index contributed by atoms with van der Waals surface area (Å²) >= 11 is 0. The molecule has 0 N–H and O–H groups in total. The molecule has 1 heterocycles. The van der Waals surface area contributed by atoms with Gasteiger partial charge in [-0.2, -0.15) is 10.4 Å². The van der Waals surface area contributed by atoms with Gasteiger partial charge in [-0.25, -0.2) is 9.07 Å². The highest BCUT2D eigenvalue weighted by atomic mass is 19.1. The molecule has 0 unspecified atom stereocenters. The number of hydrogen-bond donors (Lipinski definition) is 0. The number of rotatable bonds is 2. The first kappa shape index (κ1) is 12.0. The van der Waals surface area contributed by atoms with E-state index in [1.165, 1.54) is 28.9 Å². The third-order valence-corrected chi connectivity index (χ3v) is 2.49. The number of nitriles is 1. The summed E-state index contributed by atoms with van der Waals surface area (Å²) in [6.45, 7) is 1.76. The lowest BCUT2D eigenvalue weighted by molar-refractivity contribution is 0.568. The van der Waals surface area contributed by atoms with E-state index in [9.17, 15) is 9.18 Å². The highest BCUT2D eigenvalue weighted by molar-refractivity contribution is 5.33. The number of aromatic nitrogens is 2. The molecule has 0 amide bonds. The molecule has 1 aromatic carbocycles. The molecule has 0 aliphatic rings. The number of benzene rings is 1. The van der Waals surface area contributed by atoms with E-state index in [4.69, 9.17) is 5.26 Å². The molecular formula is C13H10FN3O. The zero-order chi connectivity index (χ0) is 13.1. The molecule has 0 atom stereocenters. The van der Waals surface area contributed by atoms with Gasteiger partial charge in [-0.15, -0.1) is 0 Å². The normalized spacial score (nSPS) is 10.1. The molecule has 0 radical (unpaired) electrons. The van der Waals surface area contributed by atoms with Crippen LogP contribution in [0.3, 0.4) is 0 Å². The van der Waals surface area contributed by atoms with Crippen LogP contribution in [0.15, 0.2) is 35.1 Å². The van der Waals surface area contributed by atoms with Crippen molar-refractivity contribution in [2.24, 2.45) is 0 Å². The molecule has 1 aromatic heterocycles. The van der Waals surface area contributed by atoms with Gasteiger partial charge in [-0.05, 0) is 31.2 Å². The molecule has 2 rings (SSSR count). The Morgan fingerprint density at radius 3 is 2.89 bits per heavy atom. The van der Waals surface area contributed by atoms with Gasteiger partial charge in [0.2, 0.25) is 0 Å². The average molecular weight is 243 g/mol. The third-order valence-electron chi connectivity index (χ3n) is 2.49. The van der Waals surface area contributed by atoms with Crippen LogP contribution in [0.5, 0.6) is 0 Å². The topological polar surface area (TPSA) is 58.7 Å². The molecule has 2 aromatic rings. The maximum absolute atomic E-state index is 13.6. The Bertz CT molecular complexity index is 685. The van der Waals surface area contributed by atoms with Crippen LogP contribution in [0.2, 0.25) is 0 Å². The SMILES string of the molecule is Cc1ccc(=O)n(Cc2cc(C#N)ccc2F)n1. The Hall–Kier alpha value is -2.48. The maximum Gasteiger partial charge on any atom is 0.267 e. The van der Waals surface area contributed by atoms with E-state index in [2.05, 4.69) is 5.10 Å². The van der Waals surface area contributed by atoms with Crippen LogP contribution in [0, 0.1) is 24.1 Å². The second-order valence-electron chi connectivity index (χ2n) is 3.89. The van der Waals surface area contributed by atoms with E-state index in [0.29, 0.717) is 11.3 Å². The molecule has 0 aliphatic carbocycles. The summed E-state index contributed by atoms with van der Waals surface area (Å²) in [7, 11) is 0. The van der Waals surface area contributed by atoms with Crippen molar-refractivity contribution in [1.82, 2.24) is 9.78 Å². The highest BCUT2D eigenvalue weighted by Gasteiger charge is 2.06. The Morgan fingerprint density at radius 2 is 2.17 bits per heavy atom. The molecule has 0 saturated heterocycles. The Morgan fingerprint density at radius 1 is 1.39 bits per heavy atom. The smallest absolute Gasteiger partial charge is 0.267 e. The lowest BCUT2D eigenvalue weighted by Gasteiger charge is -2.06. The van der Waals surface area contributed by atoms with Crippen molar-refractivity contribution in [3.05, 3.63) is 63.3 Å². The summed E-state index contributed by atoms with van der Waals surface area (Å²) in [4.78, 5) is 11.6. The van der Waals surface area contributed by atoms with Gasteiger partial charge < -0.3 is 0 Å². The van der Waals surface area contributed by atoms with Gasteiger partial charge in [0.15, 0.2) is 0 Å². The molecule has 18 heavy (non-hydrogen) atoms. The van der Waals surface area contributed by atoms with Crippen LogP contribution in [-0.2, 0) is 6.54 Å². The zero-order valence-corrected chi connectivity index (χ0v) is 9.72. The van der Waals surface area contributed by atoms with Gasteiger partial charge in [0.1, 0.15) is 5.82 Å². The lowest BCUT2D eigenvalue weighted by atomic mass is 10.1. The zero-order valence-electron chi connectivity index (χ0n) is 9.72. The number of halogens is 1. The summed E-state index contributed by atoms with van der Waals surface area (Å²) < 4.78 is 14.7. The van der Waals surface area contributed by atoms with Crippen molar-refractivity contribution in [2.75, 3.05) is 0 Å². The largest absolute Gasteiger partial charge is 0.268 e. The molecule has 0 aliphatic heterocycles. The summed E-state index contributed by atoms with van der Waals surface area (Å²) in [6.07, 6.45) is 0. The summed E-state index contributed by atoms with van der Waals surface area (Å²) in [5.74, 6) is -0.454. The van der Waals surface area contributed by atoms with Crippen molar-refractivity contribution in [2.45, 2.75) is 13.5 Å². The average Bonchev–Trinajstić information content (AvgIpc) is 2.36. The molecule has 4 nitrogen and oxygen atoms in total. The summed E-state index contributed by atoms with van der Waals surface area (Å²) in [5, 5.41) is 12.8. The van der Waals surface area contributed by atoms with Crippen molar-refractivity contribution in [3.63, 3.8) is 0 Å². The number of hydrogen-bond acceptors (Lipinski definition) is 3. The van der Waals surface area contributed by atoms with Crippen LogP contribution in [-0.4, -0.2) is 9.78 Å². The van der Waals surface area contributed by atoms with Crippen LogP contribution in [0.25, 0.3) is 0 Å². The minimum Gasteiger partial charge on any atom is -0.268 e. The Labute approximate surface area is 103 Å². The minimum absolute atomic E-state index is 0.0157. The van der Waals surface area contributed by atoms with E-state index in [-0.39, 0.29) is 17.7 Å². The molecule has 5 heteroatoms. The molecule has 90 valence electrons. The monoisotopic (exact) mass is 243 g/mol. The Kier molecular flexibility index (Phi) is 3.20. The molecular weight excluding hydrogens is 233 g/mol. The van der Waals surface area contributed by atoms with Crippen molar-refractivity contribution in [1.29, 1.82) is 5.26 Å². The first-order chi connectivity index (χ1) is 8.60. The van der Waals surface area contributed by atoms with E-state index in [1.807, 2.05) is 6.07 Å². The third kappa shape index (κ3) is 2.43. The fourth-order valence-corrected chi connectivity index (χ4v) is 1.59. The molecule has 0 saturated carbocycles. The van der Waals surface area contributed by atoms with Crippen LogP contribution in [0.4, 0.5) is 4.39 Å². The first-order valence-electron chi connectivity index (χ1n) is 5.33. The van der Waals surface area contributed by atoms with E-state index < -0.39 is 5.82 Å². The van der Waals surface area contributed by atoms with Crippen LogP contribution < -0.4 is 5.56 Å². The van der Waals surface area contributed by atoms with E-state index >= 15 is 0 Å². The lowest BCUT2D eigenvalue weighted by Crippen LogP contribution is -2.23. The van der Waals surface area contributed by atoms with Crippen LogP contribution in [0.1, 0.15) is 16.8 Å².